The minimum Gasteiger partial charge on any atom is -0.494 e. The molecule has 0 atom stereocenters. The molecule has 0 saturated carbocycles. The number of urea groups is 1. The first kappa shape index (κ1) is 20.1. The first-order chi connectivity index (χ1) is 13.1. The first-order valence-electron chi connectivity index (χ1n) is 8.82. The van der Waals surface area contributed by atoms with Gasteiger partial charge in [-0.25, -0.2) is 9.59 Å². The molecule has 2 aromatic rings. The molecule has 0 unspecified atom stereocenters. The third kappa shape index (κ3) is 5.91. The Morgan fingerprint density at radius 3 is 2.19 bits per heavy atom. The van der Waals surface area contributed by atoms with Crippen molar-refractivity contribution in [3.05, 3.63) is 48.0 Å². The van der Waals surface area contributed by atoms with Crippen LogP contribution in [0.25, 0.3) is 0 Å². The van der Waals surface area contributed by atoms with Gasteiger partial charge in [-0.1, -0.05) is 0 Å². The zero-order valence-corrected chi connectivity index (χ0v) is 15.7. The largest absolute Gasteiger partial charge is 0.494 e. The Labute approximate surface area is 158 Å². The van der Waals surface area contributed by atoms with Gasteiger partial charge in [0.25, 0.3) is 0 Å². The summed E-state index contributed by atoms with van der Waals surface area (Å²) < 4.78 is 15.9. The monoisotopic (exact) mass is 372 g/mol. The van der Waals surface area contributed by atoms with Gasteiger partial charge in [0, 0.05) is 11.8 Å². The van der Waals surface area contributed by atoms with Gasteiger partial charge in [0.1, 0.15) is 11.5 Å². The number of benzene rings is 2. The van der Waals surface area contributed by atoms with E-state index in [2.05, 4.69) is 10.6 Å². The minimum absolute atomic E-state index is 0.310. The third-order valence-electron chi connectivity index (χ3n) is 3.46. The Bertz CT molecular complexity index is 774. The van der Waals surface area contributed by atoms with Crippen LogP contribution >= 0.6 is 0 Å². The summed E-state index contributed by atoms with van der Waals surface area (Å²) in [7, 11) is 0. The lowest BCUT2D eigenvalue weighted by atomic mass is 10.2. The predicted molar refractivity (Wildman–Crippen MR) is 104 cm³/mol. The van der Waals surface area contributed by atoms with Crippen LogP contribution in [0, 0.1) is 0 Å². The number of carbonyl (C=O) groups is 2. The van der Waals surface area contributed by atoms with Gasteiger partial charge in [0.15, 0.2) is 0 Å². The highest BCUT2D eigenvalue weighted by molar-refractivity contribution is 6.01. The lowest BCUT2D eigenvalue weighted by Crippen LogP contribution is -2.20. The lowest BCUT2D eigenvalue weighted by Gasteiger charge is -2.14. The number of esters is 1. The Morgan fingerprint density at radius 2 is 1.56 bits per heavy atom. The Kier molecular flexibility index (Phi) is 7.49. The molecule has 0 spiro atoms. The van der Waals surface area contributed by atoms with Crippen LogP contribution in [-0.4, -0.2) is 31.8 Å². The van der Waals surface area contributed by atoms with Gasteiger partial charge in [-0.3, -0.25) is 0 Å². The smallest absolute Gasteiger partial charge is 0.338 e. The number of hydrogen-bond donors (Lipinski definition) is 2. The molecule has 2 rings (SSSR count). The normalized spacial score (nSPS) is 10.0. The van der Waals surface area contributed by atoms with Crippen LogP contribution in [0.5, 0.6) is 11.5 Å². The SMILES string of the molecule is CCOC(=O)c1ccc(NC(=O)Nc2cc(OCC)ccc2OCC)cc1. The number of amides is 2. The van der Waals surface area contributed by atoms with Gasteiger partial charge < -0.3 is 24.8 Å². The quantitative estimate of drug-likeness (QED) is 0.675. The number of nitrogens with one attached hydrogen (secondary N) is 2. The van der Waals surface area contributed by atoms with Gasteiger partial charge in [-0.05, 0) is 57.2 Å². The van der Waals surface area contributed by atoms with Gasteiger partial charge in [0.2, 0.25) is 0 Å². The standard InChI is InChI=1S/C20H24N2O5/c1-4-25-16-11-12-18(26-5-2)17(13-16)22-20(24)21-15-9-7-14(8-10-15)19(23)27-6-3/h7-13H,4-6H2,1-3H3,(H2,21,22,24). The van der Waals surface area contributed by atoms with E-state index in [1.165, 1.54) is 0 Å². The molecule has 144 valence electrons. The molecule has 0 radical (unpaired) electrons. The van der Waals surface area contributed by atoms with Crippen molar-refractivity contribution in [3.8, 4) is 11.5 Å². The van der Waals surface area contributed by atoms with Gasteiger partial charge >= 0.3 is 12.0 Å². The molecule has 7 heteroatoms. The number of hydrogen-bond acceptors (Lipinski definition) is 5. The first-order valence-corrected chi connectivity index (χ1v) is 8.82. The highest BCUT2D eigenvalue weighted by Gasteiger charge is 2.11. The fourth-order valence-corrected chi connectivity index (χ4v) is 2.33. The van der Waals surface area contributed by atoms with Crippen LogP contribution in [0.4, 0.5) is 16.2 Å². The highest BCUT2D eigenvalue weighted by Crippen LogP contribution is 2.29. The molecule has 0 aliphatic rings. The molecule has 2 amide bonds. The number of anilines is 2. The molecule has 0 aliphatic heterocycles. The van der Waals surface area contributed by atoms with Crippen LogP contribution < -0.4 is 20.1 Å². The summed E-state index contributed by atoms with van der Waals surface area (Å²) in [5.41, 5.74) is 1.47. The van der Waals surface area contributed by atoms with E-state index in [4.69, 9.17) is 14.2 Å². The van der Waals surface area contributed by atoms with Crippen molar-refractivity contribution in [1.82, 2.24) is 0 Å². The lowest BCUT2D eigenvalue weighted by molar-refractivity contribution is 0.0526. The van der Waals surface area contributed by atoms with Crippen LogP contribution in [0.1, 0.15) is 31.1 Å². The molecule has 0 aliphatic carbocycles. The molecular weight excluding hydrogens is 348 g/mol. The van der Waals surface area contributed by atoms with Crippen molar-refractivity contribution < 1.29 is 23.8 Å². The second kappa shape index (κ2) is 10.1. The maximum absolute atomic E-state index is 12.3. The second-order valence-electron chi connectivity index (χ2n) is 5.40. The van der Waals surface area contributed by atoms with E-state index >= 15 is 0 Å². The van der Waals surface area contributed by atoms with E-state index in [9.17, 15) is 9.59 Å². The fraction of sp³-hybridized carbons (Fsp3) is 0.300. The van der Waals surface area contributed by atoms with Crippen molar-refractivity contribution in [3.63, 3.8) is 0 Å². The Morgan fingerprint density at radius 1 is 0.852 bits per heavy atom. The number of ether oxygens (including phenoxy) is 3. The van der Waals surface area contributed by atoms with E-state index in [-0.39, 0.29) is 0 Å². The van der Waals surface area contributed by atoms with Crippen LogP contribution in [0.3, 0.4) is 0 Å². The summed E-state index contributed by atoms with van der Waals surface area (Å²) in [5, 5.41) is 5.46. The maximum Gasteiger partial charge on any atom is 0.338 e. The van der Waals surface area contributed by atoms with Gasteiger partial charge in [0.05, 0.1) is 31.1 Å². The summed E-state index contributed by atoms with van der Waals surface area (Å²) in [5.74, 6) is 0.784. The van der Waals surface area contributed by atoms with E-state index in [0.29, 0.717) is 48.3 Å². The van der Waals surface area contributed by atoms with Gasteiger partial charge in [-0.15, -0.1) is 0 Å². The van der Waals surface area contributed by atoms with E-state index in [0.717, 1.165) is 0 Å². The Hall–Kier alpha value is -3.22. The molecule has 27 heavy (non-hydrogen) atoms. The van der Waals surface area contributed by atoms with Crippen molar-refractivity contribution in [2.75, 3.05) is 30.5 Å². The third-order valence-corrected chi connectivity index (χ3v) is 3.46. The van der Waals surface area contributed by atoms with E-state index in [1.54, 1.807) is 49.4 Å². The average molecular weight is 372 g/mol. The Balaban J connectivity index is 2.06. The molecule has 0 saturated heterocycles. The fourth-order valence-electron chi connectivity index (χ4n) is 2.33. The molecule has 0 heterocycles. The predicted octanol–water partition coefficient (Wildman–Crippen LogP) is 4.30. The molecule has 0 aromatic heterocycles. The summed E-state index contributed by atoms with van der Waals surface area (Å²) >= 11 is 0. The molecule has 7 nitrogen and oxygen atoms in total. The van der Waals surface area contributed by atoms with E-state index in [1.807, 2.05) is 13.8 Å². The topological polar surface area (TPSA) is 85.9 Å². The van der Waals surface area contributed by atoms with Crippen LogP contribution in [0.15, 0.2) is 42.5 Å². The summed E-state index contributed by atoms with van der Waals surface area (Å²) in [4.78, 5) is 24.0. The highest BCUT2D eigenvalue weighted by atomic mass is 16.5. The average Bonchev–Trinajstić information content (AvgIpc) is 2.65. The van der Waals surface area contributed by atoms with Crippen molar-refractivity contribution in [2.45, 2.75) is 20.8 Å². The molecule has 2 aromatic carbocycles. The van der Waals surface area contributed by atoms with E-state index < -0.39 is 12.0 Å². The number of carbonyl (C=O) groups excluding carboxylic acids is 2. The van der Waals surface area contributed by atoms with Crippen molar-refractivity contribution in [1.29, 1.82) is 0 Å². The molecule has 0 bridgehead atoms. The van der Waals surface area contributed by atoms with Crippen LogP contribution in [-0.2, 0) is 4.74 Å². The summed E-state index contributed by atoms with van der Waals surface area (Å²) in [6.07, 6.45) is 0. The van der Waals surface area contributed by atoms with Crippen LogP contribution in [0.2, 0.25) is 0 Å². The van der Waals surface area contributed by atoms with Crippen molar-refractivity contribution in [2.24, 2.45) is 0 Å². The van der Waals surface area contributed by atoms with Crippen molar-refractivity contribution >= 4 is 23.4 Å². The minimum atomic E-state index is -0.437. The zero-order valence-electron chi connectivity index (χ0n) is 15.7. The van der Waals surface area contributed by atoms with Gasteiger partial charge in [-0.2, -0.15) is 0 Å². The maximum atomic E-state index is 12.3. The summed E-state index contributed by atoms with van der Waals surface area (Å²) in [6.45, 7) is 6.80. The summed E-state index contributed by atoms with van der Waals surface area (Å²) in [6, 6.07) is 11.2. The number of rotatable bonds is 8. The molecular formula is C20H24N2O5. The second-order valence-corrected chi connectivity index (χ2v) is 5.40. The zero-order chi connectivity index (χ0) is 19.6. The molecule has 2 N–H and O–H groups in total. The molecule has 0 fully saturated rings.